The molecule has 0 aliphatic rings. The monoisotopic (exact) mass is 298 g/mol. The van der Waals surface area contributed by atoms with Crippen LogP contribution in [0.2, 0.25) is 0 Å². The number of aryl methyl sites for hydroxylation is 1. The van der Waals surface area contributed by atoms with E-state index in [0.717, 1.165) is 0 Å². The second-order valence-corrected chi connectivity index (χ2v) is 5.72. The van der Waals surface area contributed by atoms with Crippen LogP contribution in [0.15, 0.2) is 10.6 Å². The summed E-state index contributed by atoms with van der Waals surface area (Å²) in [5.74, 6) is -0.150. The van der Waals surface area contributed by atoms with Gasteiger partial charge in [0.2, 0.25) is 0 Å². The van der Waals surface area contributed by atoms with E-state index in [2.05, 4.69) is 10.5 Å². The minimum Gasteiger partial charge on any atom is -0.481 e. The van der Waals surface area contributed by atoms with Gasteiger partial charge in [-0.2, -0.15) is 0 Å². The average molecular weight is 298 g/mol. The molecule has 0 bridgehead atoms. The number of ether oxygens (including phenoxy) is 1. The molecular weight excluding hydrogens is 276 g/mol. The summed E-state index contributed by atoms with van der Waals surface area (Å²) in [6.07, 6.45) is 1.41. The first-order chi connectivity index (χ1) is 9.78. The number of carbonyl (C=O) groups excluding carboxylic acids is 1. The van der Waals surface area contributed by atoms with Crippen molar-refractivity contribution < 1.29 is 24.0 Å². The number of rotatable bonds is 9. The van der Waals surface area contributed by atoms with Crippen molar-refractivity contribution in [3.05, 3.63) is 11.8 Å². The number of nitrogens with one attached hydrogen (secondary N) is 1. The van der Waals surface area contributed by atoms with Gasteiger partial charge in [-0.3, -0.25) is 9.59 Å². The highest BCUT2D eigenvalue weighted by atomic mass is 16.5. The van der Waals surface area contributed by atoms with Crippen LogP contribution in [0.4, 0.5) is 0 Å². The van der Waals surface area contributed by atoms with E-state index in [1.807, 2.05) is 13.8 Å². The van der Waals surface area contributed by atoms with Crippen molar-refractivity contribution in [3.63, 3.8) is 0 Å². The molecule has 0 atom stereocenters. The van der Waals surface area contributed by atoms with Gasteiger partial charge < -0.3 is 19.7 Å². The van der Waals surface area contributed by atoms with E-state index in [1.165, 1.54) is 0 Å². The van der Waals surface area contributed by atoms with Gasteiger partial charge in [0.1, 0.15) is 5.76 Å². The molecule has 0 aromatic carbocycles. The fourth-order valence-electron chi connectivity index (χ4n) is 1.71. The number of carbonyl (C=O) groups is 2. The Hall–Kier alpha value is -2.05. The molecule has 1 aromatic rings. The number of carboxylic acid groups (broad SMARTS) is 1. The maximum Gasteiger partial charge on any atom is 0.303 e. The van der Waals surface area contributed by atoms with E-state index < -0.39 is 5.97 Å². The summed E-state index contributed by atoms with van der Waals surface area (Å²) in [5.41, 5.74) is -0.129. The molecule has 1 amide bonds. The maximum absolute atomic E-state index is 11.6. The van der Waals surface area contributed by atoms with Crippen molar-refractivity contribution in [2.75, 3.05) is 13.2 Å². The molecule has 21 heavy (non-hydrogen) atoms. The quantitative estimate of drug-likeness (QED) is 0.720. The molecule has 0 aliphatic carbocycles. The van der Waals surface area contributed by atoms with Crippen molar-refractivity contribution in [2.45, 2.75) is 40.0 Å². The first-order valence-corrected chi connectivity index (χ1v) is 6.83. The molecule has 1 rings (SSSR count). The molecule has 1 heterocycles. The standard InChI is InChI=1S/C14H22N2O5/c1-10-8-12(16-21-10)20-9-11(17)15-7-6-14(2,3)5-4-13(18)19/h8H,4-7,9H2,1-3H3,(H,15,17)(H,18,19). The van der Waals surface area contributed by atoms with Crippen LogP contribution < -0.4 is 10.1 Å². The highest BCUT2D eigenvalue weighted by molar-refractivity contribution is 5.77. The van der Waals surface area contributed by atoms with Gasteiger partial charge in [-0.15, -0.1) is 0 Å². The molecule has 0 fully saturated rings. The van der Waals surface area contributed by atoms with Gasteiger partial charge >= 0.3 is 5.97 Å². The Bertz CT molecular complexity index is 481. The van der Waals surface area contributed by atoms with E-state index >= 15 is 0 Å². The number of aromatic nitrogens is 1. The highest BCUT2D eigenvalue weighted by Gasteiger charge is 2.19. The topological polar surface area (TPSA) is 102 Å². The molecule has 118 valence electrons. The SMILES string of the molecule is Cc1cc(OCC(=O)NCCC(C)(C)CCC(=O)O)no1. The van der Waals surface area contributed by atoms with Crippen LogP contribution in [0, 0.1) is 12.3 Å². The largest absolute Gasteiger partial charge is 0.481 e. The van der Waals surface area contributed by atoms with Gasteiger partial charge in [0, 0.05) is 19.0 Å². The van der Waals surface area contributed by atoms with Crippen molar-refractivity contribution >= 4 is 11.9 Å². The number of nitrogens with zero attached hydrogens (tertiary/aromatic N) is 1. The zero-order valence-corrected chi connectivity index (χ0v) is 12.6. The summed E-state index contributed by atoms with van der Waals surface area (Å²) in [6, 6.07) is 1.60. The van der Waals surface area contributed by atoms with Crippen molar-refractivity contribution in [1.29, 1.82) is 0 Å². The first kappa shape index (κ1) is 17.0. The molecule has 2 N–H and O–H groups in total. The Morgan fingerprint density at radius 1 is 1.43 bits per heavy atom. The third kappa shape index (κ3) is 7.34. The lowest BCUT2D eigenvalue weighted by Crippen LogP contribution is -2.32. The zero-order valence-electron chi connectivity index (χ0n) is 12.6. The molecule has 0 spiro atoms. The number of hydrogen-bond acceptors (Lipinski definition) is 5. The van der Waals surface area contributed by atoms with Crippen molar-refractivity contribution in [2.24, 2.45) is 5.41 Å². The Morgan fingerprint density at radius 3 is 2.71 bits per heavy atom. The lowest BCUT2D eigenvalue weighted by Gasteiger charge is -2.23. The van der Waals surface area contributed by atoms with Crippen molar-refractivity contribution in [1.82, 2.24) is 10.5 Å². The summed E-state index contributed by atoms with van der Waals surface area (Å²) in [4.78, 5) is 22.1. The lowest BCUT2D eigenvalue weighted by molar-refractivity contribution is -0.137. The molecule has 0 unspecified atom stereocenters. The third-order valence-electron chi connectivity index (χ3n) is 3.10. The minimum absolute atomic E-state index is 0.123. The lowest BCUT2D eigenvalue weighted by atomic mass is 9.84. The molecule has 0 radical (unpaired) electrons. The second-order valence-electron chi connectivity index (χ2n) is 5.72. The van der Waals surface area contributed by atoms with E-state index in [1.54, 1.807) is 13.0 Å². The number of hydrogen-bond donors (Lipinski definition) is 2. The number of carboxylic acids is 1. The summed E-state index contributed by atoms with van der Waals surface area (Å²) in [6.45, 7) is 6.06. The molecule has 1 aromatic heterocycles. The minimum atomic E-state index is -0.802. The van der Waals surface area contributed by atoms with Crippen LogP contribution >= 0.6 is 0 Å². The summed E-state index contributed by atoms with van der Waals surface area (Å²) >= 11 is 0. The third-order valence-corrected chi connectivity index (χ3v) is 3.10. The normalized spacial score (nSPS) is 11.2. The molecule has 0 saturated heterocycles. The Balaban J connectivity index is 2.19. The predicted molar refractivity (Wildman–Crippen MR) is 75.0 cm³/mol. The summed E-state index contributed by atoms with van der Waals surface area (Å²) < 4.78 is 9.97. The van der Waals surface area contributed by atoms with Gasteiger partial charge in [0.25, 0.3) is 11.8 Å². The Morgan fingerprint density at radius 2 is 2.14 bits per heavy atom. The van der Waals surface area contributed by atoms with Crippen molar-refractivity contribution in [3.8, 4) is 5.88 Å². The van der Waals surface area contributed by atoms with Gasteiger partial charge in [-0.05, 0) is 30.3 Å². The Labute approximate surface area is 123 Å². The smallest absolute Gasteiger partial charge is 0.303 e. The fraction of sp³-hybridized carbons (Fsp3) is 0.643. The highest BCUT2D eigenvalue weighted by Crippen LogP contribution is 2.25. The molecule has 0 aliphatic heterocycles. The van der Waals surface area contributed by atoms with Crippen LogP contribution in [-0.2, 0) is 9.59 Å². The van der Waals surface area contributed by atoms with Crippen LogP contribution in [0.1, 0.15) is 38.9 Å². The summed E-state index contributed by atoms with van der Waals surface area (Å²) in [7, 11) is 0. The van der Waals surface area contributed by atoms with Gasteiger partial charge in [-0.25, -0.2) is 0 Å². The van der Waals surface area contributed by atoms with Crippen LogP contribution in [0.25, 0.3) is 0 Å². The van der Waals surface area contributed by atoms with E-state index in [-0.39, 0.29) is 30.2 Å². The average Bonchev–Trinajstić information content (AvgIpc) is 2.80. The van der Waals surface area contributed by atoms with Crippen LogP contribution in [0.3, 0.4) is 0 Å². The first-order valence-electron chi connectivity index (χ1n) is 6.83. The molecule has 7 nitrogen and oxygen atoms in total. The maximum atomic E-state index is 11.6. The van der Waals surface area contributed by atoms with E-state index in [0.29, 0.717) is 25.1 Å². The van der Waals surface area contributed by atoms with E-state index in [4.69, 9.17) is 14.4 Å². The Kier molecular flexibility index (Phi) is 6.20. The molecule has 0 saturated carbocycles. The fourth-order valence-corrected chi connectivity index (χ4v) is 1.71. The van der Waals surface area contributed by atoms with Gasteiger partial charge in [0.05, 0.1) is 0 Å². The van der Waals surface area contributed by atoms with Gasteiger partial charge in [0.15, 0.2) is 6.61 Å². The predicted octanol–water partition coefficient (Wildman–Crippen LogP) is 1.76. The van der Waals surface area contributed by atoms with Crippen LogP contribution in [-0.4, -0.2) is 35.3 Å². The molecule has 7 heteroatoms. The molecular formula is C14H22N2O5. The summed E-state index contributed by atoms with van der Waals surface area (Å²) in [5, 5.41) is 15.0. The zero-order chi connectivity index (χ0) is 15.9. The van der Waals surface area contributed by atoms with Crippen LogP contribution in [0.5, 0.6) is 5.88 Å². The number of amides is 1. The number of aliphatic carboxylic acids is 1. The van der Waals surface area contributed by atoms with E-state index in [9.17, 15) is 9.59 Å². The second kappa shape index (κ2) is 7.66. The van der Waals surface area contributed by atoms with Gasteiger partial charge in [-0.1, -0.05) is 13.8 Å².